The Morgan fingerprint density at radius 1 is 0.929 bits per heavy atom. The lowest BCUT2D eigenvalue weighted by atomic mass is 10.0. The van der Waals surface area contributed by atoms with Gasteiger partial charge in [0.2, 0.25) is 0 Å². The Morgan fingerprint density at radius 2 is 1.61 bits per heavy atom. The van der Waals surface area contributed by atoms with Crippen molar-refractivity contribution in [2.24, 2.45) is 4.99 Å². The Morgan fingerprint density at radius 3 is 2.18 bits per heavy atom. The van der Waals surface area contributed by atoms with Gasteiger partial charge in [-0.15, -0.1) is 0 Å². The van der Waals surface area contributed by atoms with Crippen LogP contribution in [0.2, 0.25) is 0 Å². The van der Waals surface area contributed by atoms with Crippen molar-refractivity contribution < 1.29 is 4.74 Å². The van der Waals surface area contributed by atoms with E-state index in [-0.39, 0.29) is 6.10 Å². The lowest BCUT2D eigenvalue weighted by Gasteiger charge is -2.10. The van der Waals surface area contributed by atoms with Gasteiger partial charge in [-0.1, -0.05) is 62.4 Å². The molecule has 2 nitrogen and oxygen atoms in total. The number of nitrogens with zero attached hydrogens (tertiary/aromatic N) is 1. The predicted octanol–water partition coefficient (Wildman–Crippen LogP) is 7.30. The molecule has 28 heavy (non-hydrogen) atoms. The number of hydrogen-bond donors (Lipinski definition) is 0. The van der Waals surface area contributed by atoms with E-state index in [0.29, 0.717) is 5.92 Å². The first-order valence-corrected chi connectivity index (χ1v) is 9.89. The minimum atomic E-state index is 0.185. The zero-order chi connectivity index (χ0) is 20.4. The molecule has 0 aliphatic carbocycles. The SMILES string of the molecule is C\C=C(/C=C\C=N\C=C\c1ccc(C(C)C)cc1)c1ccc(OC(C)C)cc1. The summed E-state index contributed by atoms with van der Waals surface area (Å²) >= 11 is 0. The van der Waals surface area contributed by atoms with Crippen molar-refractivity contribution in [3.05, 3.63) is 89.6 Å². The Bertz CT molecular complexity index is 835. The fourth-order valence-corrected chi connectivity index (χ4v) is 2.72. The van der Waals surface area contributed by atoms with Gasteiger partial charge in [-0.2, -0.15) is 0 Å². The van der Waals surface area contributed by atoms with Gasteiger partial charge in [0, 0.05) is 12.4 Å². The molecule has 0 saturated heterocycles. The second-order valence-corrected chi connectivity index (χ2v) is 7.23. The first-order chi connectivity index (χ1) is 13.5. The van der Waals surface area contributed by atoms with Crippen LogP contribution in [-0.2, 0) is 0 Å². The lowest BCUT2D eigenvalue weighted by Crippen LogP contribution is -2.05. The summed E-state index contributed by atoms with van der Waals surface area (Å²) in [7, 11) is 0. The molecule has 0 atom stereocenters. The predicted molar refractivity (Wildman–Crippen MR) is 123 cm³/mol. The first-order valence-electron chi connectivity index (χ1n) is 9.89. The largest absolute Gasteiger partial charge is 0.491 e. The third kappa shape index (κ3) is 7.03. The van der Waals surface area contributed by atoms with Crippen molar-refractivity contribution in [3.8, 4) is 5.75 Å². The van der Waals surface area contributed by atoms with E-state index in [1.165, 1.54) is 5.56 Å². The molecule has 0 amide bonds. The van der Waals surface area contributed by atoms with Crippen molar-refractivity contribution >= 4 is 17.9 Å². The number of benzene rings is 2. The van der Waals surface area contributed by atoms with Gasteiger partial charge in [0.25, 0.3) is 0 Å². The summed E-state index contributed by atoms with van der Waals surface area (Å²) in [4.78, 5) is 4.33. The highest BCUT2D eigenvalue weighted by molar-refractivity contribution is 5.81. The van der Waals surface area contributed by atoms with Crippen molar-refractivity contribution in [2.45, 2.75) is 46.6 Å². The molecule has 0 aliphatic heterocycles. The number of allylic oxidation sites excluding steroid dienone is 4. The highest BCUT2D eigenvalue weighted by atomic mass is 16.5. The molecule has 0 spiro atoms. The molecule has 0 aromatic heterocycles. The molecule has 0 heterocycles. The van der Waals surface area contributed by atoms with E-state index in [1.807, 2.05) is 51.3 Å². The van der Waals surface area contributed by atoms with E-state index in [2.05, 4.69) is 67.4 Å². The first kappa shape index (κ1) is 21.4. The minimum Gasteiger partial charge on any atom is -0.491 e. The molecule has 146 valence electrons. The summed E-state index contributed by atoms with van der Waals surface area (Å²) in [6, 6.07) is 16.8. The molecular weight excluding hydrogens is 342 g/mol. The van der Waals surface area contributed by atoms with E-state index in [1.54, 1.807) is 6.21 Å². The third-order valence-corrected chi connectivity index (χ3v) is 4.27. The summed E-state index contributed by atoms with van der Waals surface area (Å²) in [5.41, 5.74) is 4.81. The zero-order valence-corrected chi connectivity index (χ0v) is 17.6. The van der Waals surface area contributed by atoms with Gasteiger partial charge in [0.1, 0.15) is 5.75 Å². The molecule has 2 rings (SSSR count). The molecule has 0 unspecified atom stereocenters. The number of hydrogen-bond acceptors (Lipinski definition) is 2. The van der Waals surface area contributed by atoms with Gasteiger partial charge in [0.15, 0.2) is 0 Å². The van der Waals surface area contributed by atoms with E-state index in [0.717, 1.165) is 22.4 Å². The standard InChI is InChI=1S/C26H31NO/c1-6-23(25-13-15-26(16-14-25)28-21(4)5)8-7-18-27-19-17-22-9-11-24(12-10-22)20(2)3/h6-21H,1-5H3/b8-7-,19-17+,23-6+,27-18+. The molecule has 0 saturated carbocycles. The maximum Gasteiger partial charge on any atom is 0.119 e. The van der Waals surface area contributed by atoms with Crippen LogP contribution in [0.3, 0.4) is 0 Å². The summed E-state index contributed by atoms with van der Waals surface area (Å²) < 4.78 is 5.70. The maximum absolute atomic E-state index is 5.70. The Balaban J connectivity index is 1.92. The van der Waals surface area contributed by atoms with E-state index < -0.39 is 0 Å². The Hall–Kier alpha value is -2.87. The van der Waals surface area contributed by atoms with Crippen LogP contribution in [0.4, 0.5) is 0 Å². The maximum atomic E-state index is 5.70. The topological polar surface area (TPSA) is 21.6 Å². The van der Waals surface area contributed by atoms with Gasteiger partial charge < -0.3 is 4.74 Å². The molecule has 0 bridgehead atoms. The van der Waals surface area contributed by atoms with Gasteiger partial charge in [-0.05, 0) is 73.2 Å². The average molecular weight is 374 g/mol. The van der Waals surface area contributed by atoms with Crippen molar-refractivity contribution in [1.82, 2.24) is 0 Å². The number of rotatable bonds is 8. The Kier molecular flexibility index (Phi) is 8.48. The van der Waals surface area contributed by atoms with Crippen molar-refractivity contribution in [1.29, 1.82) is 0 Å². The van der Waals surface area contributed by atoms with Crippen LogP contribution < -0.4 is 4.74 Å². The van der Waals surface area contributed by atoms with Crippen LogP contribution in [0.5, 0.6) is 5.75 Å². The molecule has 0 radical (unpaired) electrons. The lowest BCUT2D eigenvalue weighted by molar-refractivity contribution is 0.242. The summed E-state index contributed by atoms with van der Waals surface area (Å²) in [6.07, 6.45) is 11.9. The normalized spacial score (nSPS) is 12.9. The van der Waals surface area contributed by atoms with Crippen LogP contribution in [0.25, 0.3) is 11.6 Å². The van der Waals surface area contributed by atoms with E-state index in [9.17, 15) is 0 Å². The van der Waals surface area contributed by atoms with E-state index in [4.69, 9.17) is 4.74 Å². The quantitative estimate of drug-likeness (QED) is 0.351. The third-order valence-electron chi connectivity index (χ3n) is 4.27. The second kappa shape index (κ2) is 11.1. The fraction of sp³-hybridized carbons (Fsp3) is 0.269. The number of aliphatic imine (C=N–C) groups is 1. The number of ether oxygens (including phenoxy) is 1. The van der Waals surface area contributed by atoms with Crippen molar-refractivity contribution in [2.75, 3.05) is 0 Å². The van der Waals surface area contributed by atoms with Crippen LogP contribution in [-0.4, -0.2) is 12.3 Å². The minimum absolute atomic E-state index is 0.185. The van der Waals surface area contributed by atoms with Gasteiger partial charge >= 0.3 is 0 Å². The molecular formula is C26H31NO. The molecule has 0 N–H and O–H groups in total. The van der Waals surface area contributed by atoms with Crippen LogP contribution >= 0.6 is 0 Å². The van der Waals surface area contributed by atoms with Crippen molar-refractivity contribution in [3.63, 3.8) is 0 Å². The van der Waals surface area contributed by atoms with E-state index >= 15 is 0 Å². The van der Waals surface area contributed by atoms with Crippen LogP contribution in [0, 0.1) is 0 Å². The van der Waals surface area contributed by atoms with Gasteiger partial charge in [-0.3, -0.25) is 4.99 Å². The second-order valence-electron chi connectivity index (χ2n) is 7.23. The molecule has 0 fully saturated rings. The fourth-order valence-electron chi connectivity index (χ4n) is 2.72. The summed E-state index contributed by atoms with van der Waals surface area (Å²) in [6.45, 7) is 10.5. The molecule has 2 aromatic carbocycles. The average Bonchev–Trinajstić information content (AvgIpc) is 2.68. The van der Waals surface area contributed by atoms with Gasteiger partial charge in [-0.25, -0.2) is 0 Å². The summed E-state index contributed by atoms with van der Waals surface area (Å²) in [5, 5.41) is 0. The zero-order valence-electron chi connectivity index (χ0n) is 17.6. The smallest absolute Gasteiger partial charge is 0.119 e. The van der Waals surface area contributed by atoms with Crippen LogP contribution in [0.1, 0.15) is 57.2 Å². The Labute approximate surface area is 170 Å². The highest BCUT2D eigenvalue weighted by Gasteiger charge is 2.00. The summed E-state index contributed by atoms with van der Waals surface area (Å²) in [5.74, 6) is 1.45. The van der Waals surface area contributed by atoms with Crippen LogP contribution in [0.15, 0.2) is 78.0 Å². The molecule has 2 aromatic rings. The molecule has 2 heteroatoms. The molecule has 0 aliphatic rings. The monoisotopic (exact) mass is 373 g/mol. The van der Waals surface area contributed by atoms with Gasteiger partial charge in [0.05, 0.1) is 6.10 Å². The highest BCUT2D eigenvalue weighted by Crippen LogP contribution is 2.20.